The van der Waals surface area contributed by atoms with Crippen LogP contribution >= 0.6 is 0 Å². The number of hydrogen-bond donors (Lipinski definition) is 1. The van der Waals surface area contributed by atoms with Crippen LogP contribution in [0.25, 0.3) is 0 Å². The fourth-order valence-corrected chi connectivity index (χ4v) is 2.54. The minimum Gasteiger partial charge on any atom is -0.321 e. The lowest BCUT2D eigenvalue weighted by Crippen LogP contribution is -2.29. The highest BCUT2D eigenvalue weighted by Crippen LogP contribution is 2.33. The summed E-state index contributed by atoms with van der Waals surface area (Å²) in [4.78, 5) is 47.5. The van der Waals surface area contributed by atoms with Gasteiger partial charge in [-0.3, -0.25) is 24.5 Å². The van der Waals surface area contributed by atoms with Crippen molar-refractivity contribution in [1.82, 2.24) is 0 Å². The second-order valence-corrected chi connectivity index (χ2v) is 5.13. The number of nitrogens with one attached hydrogen (secondary N) is 1. The van der Waals surface area contributed by atoms with Crippen LogP contribution in [-0.2, 0) is 4.79 Å². The van der Waals surface area contributed by atoms with Crippen molar-refractivity contribution < 1.29 is 19.3 Å². The van der Waals surface area contributed by atoms with Crippen LogP contribution in [0.2, 0.25) is 0 Å². The first kappa shape index (κ1) is 15.3. The molecule has 1 aliphatic heterocycles. The Hall–Kier alpha value is -3.55. The molecule has 24 heavy (non-hydrogen) atoms. The lowest BCUT2D eigenvalue weighted by atomic mass is 10.1. The number of anilines is 2. The third-order valence-corrected chi connectivity index (χ3v) is 3.54. The number of nitrogens with zero attached hydrogens (tertiary/aromatic N) is 2. The largest absolute Gasteiger partial charge is 0.321 e. The van der Waals surface area contributed by atoms with E-state index in [0.29, 0.717) is 0 Å². The summed E-state index contributed by atoms with van der Waals surface area (Å²) in [5.74, 6) is -1.53. The molecule has 0 spiro atoms. The molecule has 2 aromatic carbocycles. The molecule has 0 aromatic heterocycles. The average Bonchev–Trinajstić information content (AvgIpc) is 2.78. The number of carbonyl (C=O) groups excluding carboxylic acids is 3. The SMILES string of the molecule is CC(=O)Nc1cc(N2C(=O)c3ccccc3C2=O)ccc1[N+](=O)[O-]. The smallest absolute Gasteiger partial charge is 0.292 e. The molecule has 3 amide bonds. The lowest BCUT2D eigenvalue weighted by Gasteiger charge is -2.15. The van der Waals surface area contributed by atoms with E-state index in [1.54, 1.807) is 12.1 Å². The molecule has 0 atom stereocenters. The zero-order valence-electron chi connectivity index (χ0n) is 12.5. The summed E-state index contributed by atoms with van der Waals surface area (Å²) in [7, 11) is 0. The first-order valence-electron chi connectivity index (χ1n) is 6.94. The number of carbonyl (C=O) groups is 3. The summed E-state index contributed by atoms with van der Waals surface area (Å²) < 4.78 is 0. The summed E-state index contributed by atoms with van der Waals surface area (Å²) >= 11 is 0. The molecule has 2 aromatic rings. The Balaban J connectivity index is 2.08. The van der Waals surface area contributed by atoms with E-state index >= 15 is 0 Å². The number of imide groups is 1. The van der Waals surface area contributed by atoms with Gasteiger partial charge in [-0.1, -0.05) is 12.1 Å². The molecule has 0 aliphatic carbocycles. The van der Waals surface area contributed by atoms with Gasteiger partial charge >= 0.3 is 0 Å². The fourth-order valence-electron chi connectivity index (χ4n) is 2.54. The van der Waals surface area contributed by atoms with Gasteiger partial charge in [0.1, 0.15) is 5.69 Å². The van der Waals surface area contributed by atoms with Crippen molar-refractivity contribution in [2.75, 3.05) is 10.2 Å². The van der Waals surface area contributed by atoms with Crippen LogP contribution in [0.4, 0.5) is 17.1 Å². The quantitative estimate of drug-likeness (QED) is 0.529. The average molecular weight is 325 g/mol. The van der Waals surface area contributed by atoms with Gasteiger partial charge in [0.2, 0.25) is 5.91 Å². The van der Waals surface area contributed by atoms with Crippen molar-refractivity contribution in [2.24, 2.45) is 0 Å². The van der Waals surface area contributed by atoms with Crippen LogP contribution in [0.5, 0.6) is 0 Å². The molecule has 1 aliphatic rings. The molecular formula is C16H11N3O5. The zero-order valence-corrected chi connectivity index (χ0v) is 12.5. The first-order chi connectivity index (χ1) is 11.4. The van der Waals surface area contributed by atoms with Gasteiger partial charge in [-0.05, 0) is 24.3 Å². The standard InChI is InChI=1S/C16H11N3O5/c1-9(20)17-13-8-10(6-7-14(13)19(23)24)18-15(21)11-4-2-3-5-12(11)16(18)22/h2-8H,1H3,(H,17,20). The van der Waals surface area contributed by atoms with Gasteiger partial charge in [-0.2, -0.15) is 0 Å². The molecule has 0 unspecified atom stereocenters. The third kappa shape index (κ3) is 2.39. The first-order valence-corrected chi connectivity index (χ1v) is 6.94. The van der Waals surface area contributed by atoms with Gasteiger partial charge in [0.25, 0.3) is 17.5 Å². The van der Waals surface area contributed by atoms with Crippen LogP contribution in [0.1, 0.15) is 27.6 Å². The molecular weight excluding hydrogens is 314 g/mol. The molecule has 1 heterocycles. The van der Waals surface area contributed by atoms with E-state index in [1.165, 1.54) is 31.2 Å². The molecule has 0 radical (unpaired) electrons. The van der Waals surface area contributed by atoms with E-state index in [0.717, 1.165) is 11.0 Å². The van der Waals surface area contributed by atoms with Gasteiger partial charge in [0, 0.05) is 13.0 Å². The van der Waals surface area contributed by atoms with Gasteiger partial charge in [-0.25, -0.2) is 4.90 Å². The molecule has 1 N–H and O–H groups in total. The number of rotatable bonds is 3. The number of nitro groups is 1. The Morgan fingerprint density at radius 1 is 1.08 bits per heavy atom. The maximum Gasteiger partial charge on any atom is 0.292 e. The van der Waals surface area contributed by atoms with Gasteiger partial charge < -0.3 is 5.32 Å². The topological polar surface area (TPSA) is 110 Å². The molecule has 3 rings (SSSR count). The van der Waals surface area contributed by atoms with Crippen LogP contribution in [-0.4, -0.2) is 22.6 Å². The van der Waals surface area contributed by atoms with E-state index < -0.39 is 22.6 Å². The van der Waals surface area contributed by atoms with Crippen LogP contribution in [0, 0.1) is 10.1 Å². The minimum atomic E-state index is -0.655. The Morgan fingerprint density at radius 2 is 1.67 bits per heavy atom. The van der Waals surface area contributed by atoms with E-state index in [1.807, 2.05) is 0 Å². The molecule has 0 bridgehead atoms. The Morgan fingerprint density at radius 3 is 2.17 bits per heavy atom. The van der Waals surface area contributed by atoms with Gasteiger partial charge in [-0.15, -0.1) is 0 Å². The summed E-state index contributed by atoms with van der Waals surface area (Å²) in [5, 5.41) is 13.4. The number of fused-ring (bicyclic) bond motifs is 1. The third-order valence-electron chi connectivity index (χ3n) is 3.54. The van der Waals surface area contributed by atoms with Crippen molar-refractivity contribution in [3.05, 3.63) is 63.7 Å². The Bertz CT molecular complexity index is 871. The summed E-state index contributed by atoms with van der Waals surface area (Å²) in [6.45, 7) is 1.21. The van der Waals surface area contributed by atoms with Crippen molar-refractivity contribution >= 4 is 34.8 Å². The van der Waals surface area contributed by atoms with Gasteiger partial charge in [0.05, 0.1) is 21.7 Å². The highest BCUT2D eigenvalue weighted by atomic mass is 16.6. The predicted molar refractivity (Wildman–Crippen MR) is 85.0 cm³/mol. The number of benzene rings is 2. The number of nitro benzene ring substituents is 1. The van der Waals surface area contributed by atoms with Crippen LogP contribution in [0.15, 0.2) is 42.5 Å². The van der Waals surface area contributed by atoms with Gasteiger partial charge in [0.15, 0.2) is 0 Å². The molecule has 8 nitrogen and oxygen atoms in total. The maximum absolute atomic E-state index is 12.4. The maximum atomic E-state index is 12.4. The second kappa shape index (κ2) is 5.58. The monoisotopic (exact) mass is 325 g/mol. The summed E-state index contributed by atoms with van der Waals surface area (Å²) in [6.07, 6.45) is 0. The highest BCUT2D eigenvalue weighted by molar-refractivity contribution is 6.34. The molecule has 120 valence electrons. The highest BCUT2D eigenvalue weighted by Gasteiger charge is 2.36. The van der Waals surface area contributed by atoms with E-state index in [2.05, 4.69) is 5.32 Å². The number of hydrogen-bond acceptors (Lipinski definition) is 5. The summed E-state index contributed by atoms with van der Waals surface area (Å²) in [5.41, 5.74) is 0.270. The van der Waals surface area contributed by atoms with Crippen LogP contribution < -0.4 is 10.2 Å². The minimum absolute atomic E-state index is 0.0819. The summed E-state index contributed by atoms with van der Waals surface area (Å²) in [6, 6.07) is 10.0. The van der Waals surface area contributed by atoms with E-state index in [-0.39, 0.29) is 28.2 Å². The second-order valence-electron chi connectivity index (χ2n) is 5.13. The number of amides is 3. The van der Waals surface area contributed by atoms with E-state index in [9.17, 15) is 24.5 Å². The zero-order chi connectivity index (χ0) is 17.4. The van der Waals surface area contributed by atoms with Crippen molar-refractivity contribution in [2.45, 2.75) is 6.92 Å². The van der Waals surface area contributed by atoms with Crippen molar-refractivity contribution in [1.29, 1.82) is 0 Å². The Labute approximate surface area is 135 Å². The van der Waals surface area contributed by atoms with Crippen molar-refractivity contribution in [3.63, 3.8) is 0 Å². The molecule has 0 saturated carbocycles. The van der Waals surface area contributed by atoms with Crippen LogP contribution in [0.3, 0.4) is 0 Å². The fraction of sp³-hybridized carbons (Fsp3) is 0.0625. The Kier molecular flexibility index (Phi) is 3.57. The predicted octanol–water partition coefficient (Wildman–Crippen LogP) is 2.35. The lowest BCUT2D eigenvalue weighted by molar-refractivity contribution is -0.383. The van der Waals surface area contributed by atoms with E-state index in [4.69, 9.17) is 0 Å². The van der Waals surface area contributed by atoms with Crippen molar-refractivity contribution in [3.8, 4) is 0 Å². The molecule has 0 fully saturated rings. The molecule has 0 saturated heterocycles. The normalized spacial score (nSPS) is 13.0. The molecule has 8 heteroatoms.